The van der Waals surface area contributed by atoms with Gasteiger partial charge in [0.25, 0.3) is 11.2 Å². The monoisotopic (exact) mass is 429 g/mol. The van der Waals surface area contributed by atoms with Crippen molar-refractivity contribution in [2.45, 2.75) is 6.61 Å². The molecule has 2 aromatic heterocycles. The molecule has 0 amide bonds. The molecule has 7 nitrogen and oxygen atoms in total. The molecule has 0 aliphatic heterocycles. The number of fused-ring (bicyclic) bond motifs is 3. The first kappa shape index (κ1) is 19.0. The molecule has 31 heavy (non-hydrogen) atoms. The SMILES string of the molecule is O=c1c(=Cc2ccccc2OCc2ccc([N+](=O)[O-])cc2)sc2nc3ccccc3n12. The van der Waals surface area contributed by atoms with Crippen molar-refractivity contribution < 1.29 is 9.66 Å². The van der Waals surface area contributed by atoms with E-state index in [-0.39, 0.29) is 17.9 Å². The second-order valence-electron chi connectivity index (χ2n) is 6.88. The number of non-ortho nitro benzene ring substituents is 1. The quantitative estimate of drug-likeness (QED) is 0.312. The van der Waals surface area contributed by atoms with Gasteiger partial charge in [0.15, 0.2) is 4.96 Å². The van der Waals surface area contributed by atoms with Gasteiger partial charge in [-0.2, -0.15) is 0 Å². The maximum atomic E-state index is 13.0. The zero-order valence-electron chi connectivity index (χ0n) is 16.1. The van der Waals surface area contributed by atoms with Gasteiger partial charge < -0.3 is 4.74 Å². The molecule has 0 aliphatic carbocycles. The van der Waals surface area contributed by atoms with E-state index < -0.39 is 4.92 Å². The van der Waals surface area contributed by atoms with E-state index >= 15 is 0 Å². The van der Waals surface area contributed by atoms with Gasteiger partial charge in [-0.1, -0.05) is 41.7 Å². The number of thiazole rings is 1. The van der Waals surface area contributed by atoms with E-state index in [0.717, 1.165) is 22.2 Å². The predicted octanol–water partition coefficient (Wildman–Crippen LogP) is 3.94. The van der Waals surface area contributed by atoms with Gasteiger partial charge in [-0.05, 0) is 42.0 Å². The number of nitro benzene ring substituents is 1. The fourth-order valence-corrected chi connectivity index (χ4v) is 4.34. The van der Waals surface area contributed by atoms with Gasteiger partial charge in [-0.3, -0.25) is 14.9 Å². The highest BCUT2D eigenvalue weighted by molar-refractivity contribution is 7.15. The highest BCUT2D eigenvalue weighted by atomic mass is 32.1. The Kier molecular flexibility index (Phi) is 4.68. The summed E-state index contributed by atoms with van der Waals surface area (Å²) in [5.41, 5.74) is 3.10. The molecule has 2 heterocycles. The summed E-state index contributed by atoms with van der Waals surface area (Å²) in [5.74, 6) is 0.621. The lowest BCUT2D eigenvalue weighted by atomic mass is 10.2. The molecule has 0 saturated carbocycles. The lowest BCUT2D eigenvalue weighted by Gasteiger charge is -2.09. The van der Waals surface area contributed by atoms with Crippen molar-refractivity contribution in [1.29, 1.82) is 0 Å². The van der Waals surface area contributed by atoms with E-state index in [0.29, 0.717) is 15.2 Å². The number of imidazole rings is 1. The van der Waals surface area contributed by atoms with E-state index in [2.05, 4.69) is 4.98 Å². The minimum atomic E-state index is -0.434. The summed E-state index contributed by atoms with van der Waals surface area (Å²) in [4.78, 5) is 28.5. The zero-order valence-corrected chi connectivity index (χ0v) is 16.9. The minimum Gasteiger partial charge on any atom is -0.488 e. The second-order valence-corrected chi connectivity index (χ2v) is 7.89. The molecule has 8 heteroatoms. The van der Waals surface area contributed by atoms with E-state index in [1.807, 2.05) is 54.6 Å². The van der Waals surface area contributed by atoms with Crippen LogP contribution in [0.2, 0.25) is 0 Å². The second kappa shape index (κ2) is 7.66. The van der Waals surface area contributed by atoms with Gasteiger partial charge in [0.1, 0.15) is 12.4 Å². The van der Waals surface area contributed by atoms with E-state index in [1.165, 1.54) is 23.5 Å². The maximum Gasteiger partial charge on any atom is 0.274 e. The average Bonchev–Trinajstić information content (AvgIpc) is 3.29. The largest absolute Gasteiger partial charge is 0.488 e. The van der Waals surface area contributed by atoms with Crippen LogP contribution >= 0.6 is 11.3 Å². The number of para-hydroxylation sites is 3. The average molecular weight is 429 g/mol. The standard InChI is InChI=1S/C23H15N3O4S/c27-22-21(31-23-24-18-6-2-3-7-19(18)25(22)23)13-16-5-1-4-8-20(16)30-14-15-9-11-17(12-10-15)26(28)29/h1-13H,14H2. The van der Waals surface area contributed by atoms with Crippen LogP contribution in [-0.4, -0.2) is 14.3 Å². The number of hydrogen-bond acceptors (Lipinski definition) is 6. The summed E-state index contributed by atoms with van der Waals surface area (Å²) in [6.45, 7) is 0.255. The number of benzene rings is 3. The van der Waals surface area contributed by atoms with Gasteiger partial charge in [0.2, 0.25) is 0 Å². The van der Waals surface area contributed by atoms with Crippen LogP contribution in [-0.2, 0) is 6.61 Å². The van der Waals surface area contributed by atoms with Crippen LogP contribution in [0.1, 0.15) is 11.1 Å². The van der Waals surface area contributed by atoms with Gasteiger partial charge >= 0.3 is 0 Å². The van der Waals surface area contributed by atoms with Crippen molar-refractivity contribution in [3.63, 3.8) is 0 Å². The number of ether oxygens (including phenoxy) is 1. The van der Waals surface area contributed by atoms with E-state index in [4.69, 9.17) is 4.74 Å². The third-order valence-electron chi connectivity index (χ3n) is 4.89. The molecule has 0 fully saturated rings. The van der Waals surface area contributed by atoms with Gasteiger partial charge in [0, 0.05) is 17.7 Å². The molecular weight excluding hydrogens is 414 g/mol. The zero-order chi connectivity index (χ0) is 21.4. The Labute approximate surface area is 179 Å². The van der Waals surface area contributed by atoms with Crippen molar-refractivity contribution in [1.82, 2.24) is 9.38 Å². The molecule has 0 radical (unpaired) electrons. The Bertz CT molecular complexity index is 1540. The Morgan fingerprint density at radius 1 is 1.03 bits per heavy atom. The van der Waals surface area contributed by atoms with Crippen molar-refractivity contribution in [2.24, 2.45) is 0 Å². The topological polar surface area (TPSA) is 86.7 Å². The molecule has 5 rings (SSSR count). The molecule has 0 saturated heterocycles. The van der Waals surface area contributed by atoms with Crippen LogP contribution in [0, 0.1) is 10.1 Å². The third kappa shape index (κ3) is 3.53. The van der Waals surface area contributed by atoms with Crippen molar-refractivity contribution >= 4 is 39.1 Å². The molecule has 152 valence electrons. The molecular formula is C23H15N3O4S. The predicted molar refractivity (Wildman–Crippen MR) is 120 cm³/mol. The van der Waals surface area contributed by atoms with Gasteiger partial charge in [-0.25, -0.2) is 9.38 Å². The summed E-state index contributed by atoms with van der Waals surface area (Å²) in [6.07, 6.45) is 1.81. The molecule has 0 aliphatic rings. The first-order valence-corrected chi connectivity index (χ1v) is 10.3. The summed E-state index contributed by atoms with van der Waals surface area (Å²) < 4.78 is 8.14. The molecule has 0 spiro atoms. The molecule has 3 aromatic carbocycles. The fraction of sp³-hybridized carbons (Fsp3) is 0.0435. The van der Waals surface area contributed by atoms with Crippen LogP contribution < -0.4 is 14.8 Å². The van der Waals surface area contributed by atoms with Crippen LogP contribution in [0.25, 0.3) is 22.1 Å². The third-order valence-corrected chi connectivity index (χ3v) is 5.86. The lowest BCUT2D eigenvalue weighted by molar-refractivity contribution is -0.384. The molecule has 0 N–H and O–H groups in total. The molecule has 5 aromatic rings. The molecule has 0 unspecified atom stereocenters. The first-order chi connectivity index (χ1) is 15.1. The van der Waals surface area contributed by atoms with Crippen LogP contribution in [0.4, 0.5) is 5.69 Å². The lowest BCUT2D eigenvalue weighted by Crippen LogP contribution is -2.22. The van der Waals surface area contributed by atoms with E-state index in [9.17, 15) is 14.9 Å². The Morgan fingerprint density at radius 3 is 2.58 bits per heavy atom. The van der Waals surface area contributed by atoms with Crippen molar-refractivity contribution in [3.8, 4) is 5.75 Å². The van der Waals surface area contributed by atoms with Crippen molar-refractivity contribution in [2.75, 3.05) is 0 Å². The summed E-state index contributed by atoms with van der Waals surface area (Å²) in [5, 5.41) is 10.8. The number of aromatic nitrogens is 2. The minimum absolute atomic E-state index is 0.0377. The molecule has 0 bridgehead atoms. The normalized spacial score (nSPS) is 11.9. The van der Waals surface area contributed by atoms with Crippen molar-refractivity contribution in [3.05, 3.63) is 109 Å². The first-order valence-electron chi connectivity index (χ1n) is 9.47. The molecule has 0 atom stereocenters. The number of nitrogens with zero attached hydrogens (tertiary/aromatic N) is 3. The summed E-state index contributed by atoms with van der Waals surface area (Å²) in [7, 11) is 0. The summed E-state index contributed by atoms with van der Waals surface area (Å²) >= 11 is 1.34. The van der Waals surface area contributed by atoms with E-state index in [1.54, 1.807) is 16.5 Å². The Morgan fingerprint density at radius 2 is 1.77 bits per heavy atom. The Hall–Kier alpha value is -4.04. The number of rotatable bonds is 5. The smallest absolute Gasteiger partial charge is 0.274 e. The van der Waals surface area contributed by atoms with Crippen LogP contribution in [0.5, 0.6) is 5.75 Å². The highest BCUT2D eigenvalue weighted by Crippen LogP contribution is 2.22. The number of hydrogen-bond donors (Lipinski definition) is 0. The van der Waals surface area contributed by atoms with Gasteiger partial charge in [-0.15, -0.1) is 0 Å². The summed E-state index contributed by atoms with van der Waals surface area (Å²) in [6, 6.07) is 21.2. The maximum absolute atomic E-state index is 13.0. The fourth-order valence-electron chi connectivity index (χ4n) is 3.36. The number of nitro groups is 1. The Balaban J connectivity index is 1.48. The van der Waals surface area contributed by atoms with Gasteiger partial charge in [0.05, 0.1) is 20.5 Å². The highest BCUT2D eigenvalue weighted by Gasteiger charge is 2.11. The van der Waals surface area contributed by atoms with Crippen LogP contribution in [0.15, 0.2) is 77.6 Å². The van der Waals surface area contributed by atoms with Crippen LogP contribution in [0.3, 0.4) is 0 Å².